The second-order valence-electron chi connectivity index (χ2n) is 4.54. The lowest BCUT2D eigenvalue weighted by atomic mass is 10.2. The van der Waals surface area contributed by atoms with E-state index in [2.05, 4.69) is 5.32 Å². The molecular weight excluding hydrogens is 308 g/mol. The van der Waals surface area contributed by atoms with Gasteiger partial charge in [-0.05, 0) is 36.8 Å². The van der Waals surface area contributed by atoms with Crippen LogP contribution in [0, 0.1) is 6.92 Å². The highest BCUT2D eigenvalue weighted by molar-refractivity contribution is 7.85. The molecule has 0 aromatic heterocycles. The van der Waals surface area contributed by atoms with Gasteiger partial charge < -0.3 is 11.1 Å². The number of aryl methyl sites for hydroxylation is 1. The maximum Gasteiger partial charge on any atom is 0.237 e. The molecule has 4 nitrogen and oxygen atoms in total. The van der Waals surface area contributed by atoms with Crippen LogP contribution >= 0.6 is 11.6 Å². The third-order valence-electron chi connectivity index (χ3n) is 2.88. The first kappa shape index (κ1) is 15.5. The average Bonchev–Trinajstić information content (AvgIpc) is 2.43. The highest BCUT2D eigenvalue weighted by Gasteiger charge is 2.12. The van der Waals surface area contributed by atoms with Gasteiger partial charge in [-0.3, -0.25) is 9.00 Å². The molecule has 0 spiro atoms. The van der Waals surface area contributed by atoms with Crippen LogP contribution in [-0.2, 0) is 15.6 Å². The van der Waals surface area contributed by atoms with E-state index >= 15 is 0 Å². The first-order chi connectivity index (χ1) is 9.97. The number of nitrogens with one attached hydrogen (secondary N) is 1. The second-order valence-corrected chi connectivity index (χ2v) is 6.37. The van der Waals surface area contributed by atoms with Crippen molar-refractivity contribution in [3.8, 4) is 0 Å². The van der Waals surface area contributed by atoms with Crippen molar-refractivity contribution in [1.82, 2.24) is 0 Å². The molecule has 3 N–H and O–H groups in total. The first-order valence-corrected chi connectivity index (χ1v) is 7.96. The van der Waals surface area contributed by atoms with E-state index in [4.69, 9.17) is 17.3 Å². The number of halogens is 1. The summed E-state index contributed by atoms with van der Waals surface area (Å²) in [5.74, 6) is -0.439. The Kier molecular flexibility index (Phi) is 4.98. The quantitative estimate of drug-likeness (QED) is 0.850. The van der Waals surface area contributed by atoms with E-state index in [1.807, 2.05) is 19.1 Å². The van der Waals surface area contributed by atoms with Crippen molar-refractivity contribution >= 4 is 39.7 Å². The van der Waals surface area contributed by atoms with Crippen LogP contribution in [0.25, 0.3) is 0 Å². The van der Waals surface area contributed by atoms with Gasteiger partial charge >= 0.3 is 0 Å². The largest absolute Gasteiger partial charge is 0.397 e. The monoisotopic (exact) mass is 322 g/mol. The Labute approximate surface area is 130 Å². The number of carbonyl (C=O) groups is 1. The summed E-state index contributed by atoms with van der Waals surface area (Å²) in [6, 6.07) is 12.1. The lowest BCUT2D eigenvalue weighted by Gasteiger charge is -2.08. The summed E-state index contributed by atoms with van der Waals surface area (Å²) in [6.45, 7) is 1.87. The average molecular weight is 323 g/mol. The lowest BCUT2D eigenvalue weighted by Crippen LogP contribution is -2.20. The molecule has 0 radical (unpaired) electrons. The van der Waals surface area contributed by atoms with Crippen molar-refractivity contribution in [2.45, 2.75) is 11.8 Å². The summed E-state index contributed by atoms with van der Waals surface area (Å²) in [7, 11) is -1.38. The number of carbonyl (C=O) groups excluding carboxylic acids is 1. The van der Waals surface area contributed by atoms with Gasteiger partial charge in [-0.15, -0.1) is 0 Å². The minimum absolute atomic E-state index is 0.104. The van der Waals surface area contributed by atoms with Crippen molar-refractivity contribution in [3.05, 3.63) is 53.1 Å². The van der Waals surface area contributed by atoms with Crippen LogP contribution in [0.3, 0.4) is 0 Å². The van der Waals surface area contributed by atoms with Crippen molar-refractivity contribution < 1.29 is 9.00 Å². The minimum atomic E-state index is -1.38. The molecule has 1 atom stereocenters. The Hall–Kier alpha value is -1.85. The lowest BCUT2D eigenvalue weighted by molar-refractivity contribution is -0.113. The topological polar surface area (TPSA) is 72.2 Å². The molecule has 21 heavy (non-hydrogen) atoms. The van der Waals surface area contributed by atoms with Gasteiger partial charge in [0.1, 0.15) is 5.75 Å². The predicted molar refractivity (Wildman–Crippen MR) is 86.9 cm³/mol. The highest BCUT2D eigenvalue weighted by Crippen LogP contribution is 2.22. The summed E-state index contributed by atoms with van der Waals surface area (Å²) >= 11 is 5.81. The zero-order chi connectivity index (χ0) is 15.4. The maximum atomic E-state index is 12.2. The van der Waals surface area contributed by atoms with Crippen molar-refractivity contribution in [1.29, 1.82) is 0 Å². The summed E-state index contributed by atoms with van der Waals surface area (Å²) in [5, 5.41) is 3.09. The van der Waals surface area contributed by atoms with Crippen molar-refractivity contribution in [2.75, 3.05) is 16.8 Å². The number of hydrogen-bond donors (Lipinski definition) is 2. The van der Waals surface area contributed by atoms with Gasteiger partial charge in [0.25, 0.3) is 0 Å². The van der Waals surface area contributed by atoms with Gasteiger partial charge in [-0.1, -0.05) is 29.8 Å². The molecule has 0 heterocycles. The number of anilines is 2. The SMILES string of the molecule is Cc1ccccc1S(=O)CC(=O)Nc1ccc(Cl)c(N)c1. The molecule has 1 unspecified atom stereocenters. The second kappa shape index (κ2) is 6.74. The van der Waals surface area contributed by atoms with Crippen LogP contribution in [0.2, 0.25) is 5.02 Å². The fourth-order valence-corrected chi connectivity index (χ4v) is 3.07. The molecule has 0 aliphatic rings. The van der Waals surface area contributed by atoms with Gasteiger partial charge in [0, 0.05) is 10.6 Å². The van der Waals surface area contributed by atoms with Gasteiger partial charge in [0.15, 0.2) is 0 Å². The van der Waals surface area contributed by atoms with Crippen molar-refractivity contribution in [3.63, 3.8) is 0 Å². The van der Waals surface area contributed by atoms with Crippen LogP contribution in [0.15, 0.2) is 47.4 Å². The molecule has 0 fully saturated rings. The number of rotatable bonds is 4. The number of amides is 1. The van der Waals surface area contributed by atoms with Crippen molar-refractivity contribution in [2.24, 2.45) is 0 Å². The molecule has 2 aromatic rings. The molecule has 0 saturated heterocycles. The van der Waals surface area contributed by atoms with E-state index in [-0.39, 0.29) is 11.7 Å². The Balaban J connectivity index is 2.03. The molecule has 0 saturated carbocycles. The minimum Gasteiger partial charge on any atom is -0.397 e. The normalized spacial score (nSPS) is 11.9. The number of benzene rings is 2. The molecule has 0 aliphatic carbocycles. The summed E-state index contributed by atoms with van der Waals surface area (Å²) in [5.41, 5.74) is 7.48. The zero-order valence-corrected chi connectivity index (χ0v) is 13.0. The molecule has 6 heteroatoms. The molecule has 0 aliphatic heterocycles. The van der Waals surface area contributed by atoms with Crippen LogP contribution in [0.1, 0.15) is 5.56 Å². The fraction of sp³-hybridized carbons (Fsp3) is 0.133. The Bertz CT molecular complexity index is 704. The van der Waals surface area contributed by atoms with Crippen LogP contribution in [-0.4, -0.2) is 15.9 Å². The van der Waals surface area contributed by atoms with E-state index in [0.29, 0.717) is 21.3 Å². The Morgan fingerprint density at radius 3 is 2.67 bits per heavy atom. The molecule has 0 bridgehead atoms. The van der Waals surface area contributed by atoms with Crippen LogP contribution in [0.5, 0.6) is 0 Å². The van der Waals surface area contributed by atoms with Gasteiger partial charge in [0.2, 0.25) is 5.91 Å². The smallest absolute Gasteiger partial charge is 0.237 e. The standard InChI is InChI=1S/C15H15ClN2O2S/c1-10-4-2-3-5-14(10)21(20)9-15(19)18-11-6-7-12(16)13(17)8-11/h2-8H,9,17H2,1H3,(H,18,19). The molecule has 1 amide bonds. The molecule has 2 rings (SSSR count). The Morgan fingerprint density at radius 1 is 1.29 bits per heavy atom. The molecule has 2 aromatic carbocycles. The molecule has 110 valence electrons. The summed E-state index contributed by atoms with van der Waals surface area (Å²) < 4.78 is 12.2. The third-order valence-corrected chi connectivity index (χ3v) is 4.70. The van der Waals surface area contributed by atoms with E-state index in [1.54, 1.807) is 30.3 Å². The number of hydrogen-bond acceptors (Lipinski definition) is 3. The van der Waals surface area contributed by atoms with Gasteiger partial charge in [0.05, 0.1) is 21.5 Å². The Morgan fingerprint density at radius 2 is 2.00 bits per heavy atom. The molecular formula is C15H15ClN2O2S. The van der Waals surface area contributed by atoms with E-state index in [0.717, 1.165) is 5.56 Å². The predicted octanol–water partition coefficient (Wildman–Crippen LogP) is 2.98. The number of nitrogen functional groups attached to an aromatic ring is 1. The van der Waals surface area contributed by atoms with Gasteiger partial charge in [-0.2, -0.15) is 0 Å². The van der Waals surface area contributed by atoms with Crippen LogP contribution < -0.4 is 11.1 Å². The third kappa shape index (κ3) is 4.06. The highest BCUT2D eigenvalue weighted by atomic mass is 35.5. The van der Waals surface area contributed by atoms with Gasteiger partial charge in [-0.25, -0.2) is 0 Å². The first-order valence-electron chi connectivity index (χ1n) is 6.26. The van der Waals surface area contributed by atoms with E-state index < -0.39 is 10.8 Å². The van der Waals surface area contributed by atoms with E-state index in [1.165, 1.54) is 0 Å². The zero-order valence-electron chi connectivity index (χ0n) is 11.4. The summed E-state index contributed by atoms with van der Waals surface area (Å²) in [4.78, 5) is 12.6. The fourth-order valence-electron chi connectivity index (χ4n) is 1.83. The number of nitrogens with two attached hydrogens (primary N) is 1. The van der Waals surface area contributed by atoms with Crippen LogP contribution in [0.4, 0.5) is 11.4 Å². The summed E-state index contributed by atoms with van der Waals surface area (Å²) in [6.07, 6.45) is 0. The van der Waals surface area contributed by atoms with E-state index in [9.17, 15) is 9.00 Å². The maximum absolute atomic E-state index is 12.2.